The van der Waals surface area contributed by atoms with Crippen molar-refractivity contribution in [2.45, 2.75) is 129 Å². The fourth-order valence-corrected chi connectivity index (χ4v) is 3.24. The van der Waals surface area contributed by atoms with Crippen LogP contribution in [0.15, 0.2) is 12.2 Å². The van der Waals surface area contributed by atoms with Crippen LogP contribution in [0.3, 0.4) is 0 Å². The Morgan fingerprint density at radius 2 is 1.08 bits per heavy atom. The lowest BCUT2D eigenvalue weighted by atomic mass is 10.0. The Kier molecular flexibility index (Phi) is 19.8. The second-order valence-electron chi connectivity index (χ2n) is 7.64. The lowest BCUT2D eigenvalue weighted by molar-refractivity contribution is -0.146. The maximum atomic E-state index is 10.5. The highest BCUT2D eigenvalue weighted by molar-refractivity contribution is 5.71. The van der Waals surface area contributed by atoms with E-state index in [0.717, 1.165) is 19.3 Å². The van der Waals surface area contributed by atoms with Crippen molar-refractivity contribution < 1.29 is 15.0 Å². The molecule has 0 aromatic heterocycles. The first-order valence-corrected chi connectivity index (χ1v) is 11.2. The zero-order valence-electron chi connectivity index (χ0n) is 17.3. The summed E-state index contributed by atoms with van der Waals surface area (Å²) >= 11 is 0. The summed E-state index contributed by atoms with van der Waals surface area (Å²) in [6.07, 6.45) is 25.6. The van der Waals surface area contributed by atoms with Gasteiger partial charge in [0, 0.05) is 0 Å². The molecule has 2 N–H and O–H groups in total. The molecular weight excluding hydrogens is 324 g/mol. The number of hydrogen-bond acceptors (Lipinski definition) is 2. The Balaban J connectivity index is 3.13. The van der Waals surface area contributed by atoms with Crippen LogP contribution in [0, 0.1) is 0 Å². The van der Waals surface area contributed by atoms with Crippen molar-refractivity contribution >= 4 is 5.97 Å². The third kappa shape index (κ3) is 19.5. The van der Waals surface area contributed by atoms with Gasteiger partial charge in [-0.1, -0.05) is 103 Å². The summed E-state index contributed by atoms with van der Waals surface area (Å²) in [7, 11) is 0. The van der Waals surface area contributed by atoms with Crippen LogP contribution >= 0.6 is 0 Å². The highest BCUT2D eigenvalue weighted by atomic mass is 16.4. The molecule has 3 heteroatoms. The molecule has 0 aliphatic heterocycles. The number of carboxylic acids is 1. The molecule has 0 aliphatic rings. The van der Waals surface area contributed by atoms with Crippen molar-refractivity contribution in [3.05, 3.63) is 12.2 Å². The van der Waals surface area contributed by atoms with Crippen molar-refractivity contribution in [1.82, 2.24) is 0 Å². The fourth-order valence-electron chi connectivity index (χ4n) is 3.24. The summed E-state index contributed by atoms with van der Waals surface area (Å²) in [6, 6.07) is 0. The van der Waals surface area contributed by atoms with E-state index in [4.69, 9.17) is 10.2 Å². The zero-order chi connectivity index (χ0) is 19.3. The second kappa shape index (κ2) is 20.5. The minimum absolute atomic E-state index is 0.391. The lowest BCUT2D eigenvalue weighted by Crippen LogP contribution is -2.18. The lowest BCUT2D eigenvalue weighted by Gasteiger charge is -2.05. The number of rotatable bonds is 20. The first-order chi connectivity index (χ1) is 12.7. The number of unbranched alkanes of at least 4 members (excludes halogenated alkanes) is 15. The van der Waals surface area contributed by atoms with Crippen LogP contribution in [0.4, 0.5) is 0 Å². The molecule has 0 aromatic rings. The molecule has 1 atom stereocenters. The molecule has 26 heavy (non-hydrogen) atoms. The van der Waals surface area contributed by atoms with E-state index in [1.807, 2.05) is 0 Å². The topological polar surface area (TPSA) is 57.5 Å². The predicted molar refractivity (Wildman–Crippen MR) is 112 cm³/mol. The summed E-state index contributed by atoms with van der Waals surface area (Å²) < 4.78 is 0. The van der Waals surface area contributed by atoms with Crippen molar-refractivity contribution in [1.29, 1.82) is 0 Å². The predicted octanol–water partition coefficient (Wildman–Crippen LogP) is 7.03. The van der Waals surface area contributed by atoms with Crippen LogP contribution < -0.4 is 0 Å². The zero-order valence-corrected chi connectivity index (χ0v) is 17.3. The highest BCUT2D eigenvalue weighted by Crippen LogP contribution is 2.13. The van der Waals surface area contributed by atoms with Crippen LogP contribution in [0.25, 0.3) is 0 Å². The standard InChI is InChI=1S/C23H44O3/c1-2-3-4-5-6-7-8-9-10-11-12-13-14-15-16-17-18-19-20-21-22(24)23(25)26/h9-10,22,24H,2-8,11-21H2,1H3,(H,25,26)/b10-9-. The smallest absolute Gasteiger partial charge is 0.332 e. The van der Waals surface area contributed by atoms with Gasteiger partial charge in [0.15, 0.2) is 6.10 Å². The van der Waals surface area contributed by atoms with Crippen LogP contribution in [-0.2, 0) is 4.79 Å². The minimum Gasteiger partial charge on any atom is -0.479 e. The summed E-state index contributed by atoms with van der Waals surface area (Å²) in [5.74, 6) is -1.10. The normalized spacial score (nSPS) is 12.7. The summed E-state index contributed by atoms with van der Waals surface area (Å²) in [5.41, 5.74) is 0. The van der Waals surface area contributed by atoms with Gasteiger partial charge >= 0.3 is 5.97 Å². The number of hydrogen-bond donors (Lipinski definition) is 2. The van der Waals surface area contributed by atoms with Crippen molar-refractivity contribution in [2.24, 2.45) is 0 Å². The summed E-state index contributed by atoms with van der Waals surface area (Å²) in [5, 5.41) is 17.7. The Hall–Kier alpha value is -0.830. The number of aliphatic carboxylic acids is 1. The number of carbonyl (C=O) groups is 1. The van der Waals surface area contributed by atoms with Crippen LogP contribution in [0.2, 0.25) is 0 Å². The highest BCUT2D eigenvalue weighted by Gasteiger charge is 2.11. The first-order valence-electron chi connectivity index (χ1n) is 11.2. The van der Waals surface area contributed by atoms with E-state index in [2.05, 4.69) is 19.1 Å². The monoisotopic (exact) mass is 368 g/mol. The van der Waals surface area contributed by atoms with E-state index in [9.17, 15) is 4.79 Å². The van der Waals surface area contributed by atoms with E-state index in [-0.39, 0.29) is 0 Å². The third-order valence-corrected chi connectivity index (χ3v) is 5.02. The van der Waals surface area contributed by atoms with Gasteiger partial charge in [-0.05, 0) is 32.1 Å². The van der Waals surface area contributed by atoms with Crippen molar-refractivity contribution in [2.75, 3.05) is 0 Å². The fraction of sp³-hybridized carbons (Fsp3) is 0.870. The summed E-state index contributed by atoms with van der Waals surface area (Å²) in [4.78, 5) is 10.5. The quantitative estimate of drug-likeness (QED) is 0.179. The molecule has 0 aromatic carbocycles. The number of allylic oxidation sites excluding steroid dienone is 2. The Morgan fingerprint density at radius 3 is 1.50 bits per heavy atom. The average molecular weight is 369 g/mol. The van der Waals surface area contributed by atoms with E-state index < -0.39 is 12.1 Å². The molecule has 0 spiro atoms. The van der Waals surface area contributed by atoms with Gasteiger partial charge in [-0.15, -0.1) is 0 Å². The maximum Gasteiger partial charge on any atom is 0.332 e. The molecule has 154 valence electrons. The van der Waals surface area contributed by atoms with Crippen molar-refractivity contribution in [3.8, 4) is 0 Å². The molecule has 0 saturated carbocycles. The van der Waals surface area contributed by atoms with E-state index >= 15 is 0 Å². The third-order valence-electron chi connectivity index (χ3n) is 5.02. The van der Waals surface area contributed by atoms with Crippen LogP contribution in [0.1, 0.15) is 122 Å². The molecule has 1 unspecified atom stereocenters. The first kappa shape index (κ1) is 25.2. The molecule has 0 saturated heterocycles. The van der Waals surface area contributed by atoms with Gasteiger partial charge in [-0.25, -0.2) is 4.79 Å². The van der Waals surface area contributed by atoms with Gasteiger partial charge in [0.1, 0.15) is 0 Å². The van der Waals surface area contributed by atoms with Gasteiger partial charge in [0.05, 0.1) is 0 Å². The van der Waals surface area contributed by atoms with Crippen LogP contribution in [0.5, 0.6) is 0 Å². The van der Waals surface area contributed by atoms with Gasteiger partial charge in [-0.2, -0.15) is 0 Å². The molecule has 0 aliphatic carbocycles. The Labute approximate surface area is 162 Å². The molecule has 0 heterocycles. The van der Waals surface area contributed by atoms with Gasteiger partial charge < -0.3 is 10.2 Å². The van der Waals surface area contributed by atoms with E-state index in [1.54, 1.807) is 0 Å². The molecule has 0 rings (SSSR count). The van der Waals surface area contributed by atoms with Gasteiger partial charge in [0.25, 0.3) is 0 Å². The number of aliphatic hydroxyl groups is 1. The Bertz CT molecular complexity index is 325. The molecule has 0 radical (unpaired) electrons. The van der Waals surface area contributed by atoms with Crippen molar-refractivity contribution in [3.63, 3.8) is 0 Å². The van der Waals surface area contributed by atoms with Crippen LogP contribution in [-0.4, -0.2) is 22.3 Å². The Morgan fingerprint density at radius 1 is 0.692 bits per heavy atom. The van der Waals surface area contributed by atoms with Gasteiger partial charge in [-0.3, -0.25) is 0 Å². The van der Waals surface area contributed by atoms with E-state index in [0.29, 0.717) is 6.42 Å². The second-order valence-corrected chi connectivity index (χ2v) is 7.64. The molecule has 0 fully saturated rings. The number of aliphatic hydroxyl groups excluding tert-OH is 1. The SMILES string of the molecule is CCCCCCCC/C=C\CCCCCCCCCCCC(O)C(=O)O. The van der Waals surface area contributed by atoms with E-state index in [1.165, 1.54) is 89.9 Å². The molecular formula is C23H44O3. The molecule has 0 amide bonds. The molecule has 0 bridgehead atoms. The van der Waals surface area contributed by atoms with Gasteiger partial charge in [0.2, 0.25) is 0 Å². The maximum absolute atomic E-state index is 10.5. The molecule has 3 nitrogen and oxygen atoms in total. The summed E-state index contributed by atoms with van der Waals surface area (Å²) in [6.45, 7) is 2.27. The minimum atomic E-state index is -1.17. The number of carboxylic acid groups (broad SMARTS) is 1. The largest absolute Gasteiger partial charge is 0.479 e. The average Bonchev–Trinajstić information content (AvgIpc) is 2.63.